The number of hydrogen-bond acceptors (Lipinski definition) is 7. The summed E-state index contributed by atoms with van der Waals surface area (Å²) in [5, 5.41) is 29.3. The van der Waals surface area contributed by atoms with Crippen molar-refractivity contribution in [2.24, 2.45) is 0 Å². The second kappa shape index (κ2) is 6.32. The quantitative estimate of drug-likeness (QED) is 0.616. The number of halogens is 2. The maximum absolute atomic E-state index is 14.1. The van der Waals surface area contributed by atoms with Crippen molar-refractivity contribution in [3.63, 3.8) is 0 Å². The number of aliphatic hydroxyl groups excluding tert-OH is 3. The lowest BCUT2D eigenvalue weighted by Crippen LogP contribution is -2.33. The molecule has 1 aliphatic rings. The molecule has 1 aliphatic heterocycles. The van der Waals surface area contributed by atoms with E-state index < -0.39 is 42.8 Å². The highest BCUT2D eigenvalue weighted by molar-refractivity contribution is 5.87. The van der Waals surface area contributed by atoms with Crippen molar-refractivity contribution in [3.05, 3.63) is 42.5 Å². The van der Waals surface area contributed by atoms with Crippen molar-refractivity contribution in [2.45, 2.75) is 24.5 Å². The van der Waals surface area contributed by atoms with E-state index in [-0.39, 0.29) is 22.4 Å². The van der Waals surface area contributed by atoms with Gasteiger partial charge in [-0.2, -0.15) is 0 Å². The van der Waals surface area contributed by atoms with Crippen LogP contribution in [-0.4, -0.2) is 59.8 Å². The zero-order valence-corrected chi connectivity index (χ0v) is 13.2. The number of rotatable bonds is 3. The van der Waals surface area contributed by atoms with E-state index in [4.69, 9.17) is 4.74 Å². The topological polar surface area (TPSA) is 114 Å². The van der Waals surface area contributed by atoms with Gasteiger partial charge in [0, 0.05) is 11.6 Å². The van der Waals surface area contributed by atoms with Crippen LogP contribution in [0.15, 0.2) is 30.9 Å². The van der Waals surface area contributed by atoms with Crippen LogP contribution in [0.3, 0.4) is 0 Å². The summed E-state index contributed by atoms with van der Waals surface area (Å²) in [6.45, 7) is -0.470. The number of hydrogen-bond donors (Lipinski definition) is 3. The zero-order valence-electron chi connectivity index (χ0n) is 13.2. The fourth-order valence-electron chi connectivity index (χ4n) is 3.03. The number of aliphatic hydroxyl groups is 3. The van der Waals surface area contributed by atoms with Gasteiger partial charge < -0.3 is 20.1 Å². The highest BCUT2D eigenvalue weighted by Gasteiger charge is 2.44. The first kappa shape index (κ1) is 16.9. The lowest BCUT2D eigenvalue weighted by molar-refractivity contribution is -0.0511. The summed E-state index contributed by atoms with van der Waals surface area (Å²) in [7, 11) is 0. The number of aromatic nitrogens is 4. The minimum atomic E-state index is -1.31. The van der Waals surface area contributed by atoms with Crippen LogP contribution in [0.25, 0.3) is 22.4 Å². The first-order chi connectivity index (χ1) is 12.5. The molecule has 1 aromatic carbocycles. The highest BCUT2D eigenvalue weighted by atomic mass is 19.1. The zero-order chi connectivity index (χ0) is 18.4. The maximum atomic E-state index is 14.1. The van der Waals surface area contributed by atoms with Gasteiger partial charge in [0.2, 0.25) is 0 Å². The Hall–Kier alpha value is -2.53. The van der Waals surface area contributed by atoms with Crippen LogP contribution >= 0.6 is 0 Å². The SMILES string of the molecule is OC[C@H]1OC(n2cnc3c(-c4ccc(F)cc4F)ncnc32)[C@H](O)[C@@H]1O. The van der Waals surface area contributed by atoms with Gasteiger partial charge in [0.1, 0.15) is 47.5 Å². The summed E-state index contributed by atoms with van der Waals surface area (Å²) < 4.78 is 34.1. The largest absolute Gasteiger partial charge is 0.394 e. The van der Waals surface area contributed by atoms with Crippen molar-refractivity contribution >= 4 is 11.2 Å². The third-order valence-corrected chi connectivity index (χ3v) is 4.34. The Labute approximate surface area is 145 Å². The first-order valence-corrected chi connectivity index (χ1v) is 7.76. The van der Waals surface area contributed by atoms with Gasteiger partial charge in [-0.05, 0) is 12.1 Å². The van der Waals surface area contributed by atoms with Crippen molar-refractivity contribution in [1.82, 2.24) is 19.5 Å². The van der Waals surface area contributed by atoms with Gasteiger partial charge in [-0.3, -0.25) is 4.57 Å². The van der Waals surface area contributed by atoms with E-state index in [0.29, 0.717) is 0 Å². The first-order valence-electron chi connectivity index (χ1n) is 7.76. The smallest absolute Gasteiger partial charge is 0.166 e. The molecule has 3 N–H and O–H groups in total. The van der Waals surface area contributed by atoms with E-state index in [0.717, 1.165) is 12.1 Å². The maximum Gasteiger partial charge on any atom is 0.166 e. The van der Waals surface area contributed by atoms with Crippen LogP contribution in [0.2, 0.25) is 0 Å². The molecule has 4 rings (SSSR count). The Morgan fingerprint density at radius 1 is 1.12 bits per heavy atom. The number of benzene rings is 1. The molecule has 2 aromatic heterocycles. The van der Waals surface area contributed by atoms with Crippen molar-refractivity contribution in [2.75, 3.05) is 6.61 Å². The molecule has 0 saturated carbocycles. The van der Waals surface area contributed by atoms with E-state index in [1.807, 2.05) is 0 Å². The number of ether oxygens (including phenoxy) is 1. The number of fused-ring (bicyclic) bond motifs is 1. The summed E-state index contributed by atoms with van der Waals surface area (Å²) in [4.78, 5) is 12.3. The summed E-state index contributed by atoms with van der Waals surface area (Å²) in [6, 6.07) is 3.10. The molecule has 0 aliphatic carbocycles. The van der Waals surface area contributed by atoms with E-state index in [1.54, 1.807) is 0 Å². The van der Waals surface area contributed by atoms with Crippen LogP contribution < -0.4 is 0 Å². The van der Waals surface area contributed by atoms with Gasteiger partial charge in [-0.1, -0.05) is 0 Å². The molecule has 0 amide bonds. The average molecular weight is 364 g/mol. The molecule has 26 heavy (non-hydrogen) atoms. The van der Waals surface area contributed by atoms with Crippen molar-refractivity contribution < 1.29 is 28.8 Å². The lowest BCUT2D eigenvalue weighted by atomic mass is 10.1. The Morgan fingerprint density at radius 3 is 2.62 bits per heavy atom. The molecular formula is C16H14F2N4O4. The predicted octanol–water partition coefficient (Wildman–Crippen LogP) is 0.383. The lowest BCUT2D eigenvalue weighted by Gasteiger charge is -2.16. The molecule has 136 valence electrons. The second-order valence-corrected chi connectivity index (χ2v) is 5.90. The van der Waals surface area contributed by atoms with Gasteiger partial charge in [0.05, 0.1) is 12.9 Å². The molecule has 0 spiro atoms. The van der Waals surface area contributed by atoms with Crippen LogP contribution in [0.5, 0.6) is 0 Å². The van der Waals surface area contributed by atoms with Gasteiger partial charge in [0.15, 0.2) is 11.9 Å². The molecular weight excluding hydrogens is 350 g/mol. The number of nitrogens with zero attached hydrogens (tertiary/aromatic N) is 4. The molecule has 10 heteroatoms. The van der Waals surface area contributed by atoms with Crippen LogP contribution in [0.4, 0.5) is 8.78 Å². The monoisotopic (exact) mass is 364 g/mol. The standard InChI is InChI=1S/C16H14F2N4O4/c17-7-1-2-8(9(18)3-7)11-12-15(20-5-19-11)22(6-21-12)16-14(25)13(24)10(4-23)26-16/h1-3,5-6,10,13-14,16,23-25H,4H2/t10-,13-,14-,16?/m1/s1. The summed E-state index contributed by atoms with van der Waals surface area (Å²) >= 11 is 0. The Bertz CT molecular complexity index is 967. The van der Waals surface area contributed by atoms with Crippen molar-refractivity contribution in [1.29, 1.82) is 0 Å². The Kier molecular flexibility index (Phi) is 4.11. The van der Waals surface area contributed by atoms with Crippen LogP contribution in [0, 0.1) is 11.6 Å². The Morgan fingerprint density at radius 2 is 1.92 bits per heavy atom. The third kappa shape index (κ3) is 2.54. The predicted molar refractivity (Wildman–Crippen MR) is 83.7 cm³/mol. The molecule has 1 fully saturated rings. The van der Waals surface area contributed by atoms with E-state index in [9.17, 15) is 24.1 Å². The molecule has 3 heterocycles. The average Bonchev–Trinajstić information content (AvgIpc) is 3.17. The molecule has 4 atom stereocenters. The molecule has 0 bridgehead atoms. The summed E-state index contributed by atoms with van der Waals surface area (Å²) in [5.41, 5.74) is 0.646. The van der Waals surface area contributed by atoms with Crippen LogP contribution in [-0.2, 0) is 4.74 Å². The van der Waals surface area contributed by atoms with Gasteiger partial charge in [-0.25, -0.2) is 23.7 Å². The third-order valence-electron chi connectivity index (χ3n) is 4.34. The van der Waals surface area contributed by atoms with E-state index >= 15 is 0 Å². The summed E-state index contributed by atoms with van der Waals surface area (Å²) in [5.74, 6) is -1.51. The molecule has 1 unspecified atom stereocenters. The minimum Gasteiger partial charge on any atom is -0.394 e. The fraction of sp³-hybridized carbons (Fsp3) is 0.312. The molecule has 1 saturated heterocycles. The van der Waals surface area contributed by atoms with E-state index in [2.05, 4.69) is 15.0 Å². The van der Waals surface area contributed by atoms with Gasteiger partial charge in [0.25, 0.3) is 0 Å². The molecule has 3 aromatic rings. The normalized spacial score (nSPS) is 25.9. The summed E-state index contributed by atoms with van der Waals surface area (Å²) in [6.07, 6.45) is -2.09. The number of imidazole rings is 1. The van der Waals surface area contributed by atoms with E-state index in [1.165, 1.54) is 23.3 Å². The molecule has 0 radical (unpaired) electrons. The van der Waals surface area contributed by atoms with Gasteiger partial charge >= 0.3 is 0 Å². The molecule has 8 nitrogen and oxygen atoms in total. The second-order valence-electron chi connectivity index (χ2n) is 5.90. The highest BCUT2D eigenvalue weighted by Crippen LogP contribution is 2.33. The van der Waals surface area contributed by atoms with Crippen molar-refractivity contribution in [3.8, 4) is 11.3 Å². The fourth-order valence-corrected chi connectivity index (χ4v) is 3.03. The minimum absolute atomic E-state index is 0.0465. The Balaban J connectivity index is 1.81. The van der Waals surface area contributed by atoms with Crippen LogP contribution in [0.1, 0.15) is 6.23 Å². The van der Waals surface area contributed by atoms with Gasteiger partial charge in [-0.15, -0.1) is 0 Å².